The lowest BCUT2D eigenvalue weighted by molar-refractivity contribution is 0.194. The van der Waals surface area contributed by atoms with E-state index in [0.29, 0.717) is 4.48 Å². The molecule has 3 heteroatoms. The van der Waals surface area contributed by atoms with Crippen molar-refractivity contribution in [2.75, 3.05) is 0 Å². The van der Waals surface area contributed by atoms with Gasteiger partial charge < -0.3 is 0 Å². The van der Waals surface area contributed by atoms with Crippen LogP contribution in [0.15, 0.2) is 22.7 Å². The van der Waals surface area contributed by atoms with Gasteiger partial charge in [0.25, 0.3) is 6.43 Å². The summed E-state index contributed by atoms with van der Waals surface area (Å²) in [5.41, 5.74) is -0.163. The van der Waals surface area contributed by atoms with Gasteiger partial charge in [-0.05, 0) is 17.5 Å². The fourth-order valence-corrected chi connectivity index (χ4v) is 0.612. The molecule has 0 aliphatic rings. The van der Waals surface area contributed by atoms with E-state index in [4.69, 9.17) is 0 Å². The molecule has 0 aromatic carbocycles. The van der Waals surface area contributed by atoms with Crippen LogP contribution in [0.2, 0.25) is 0 Å². The summed E-state index contributed by atoms with van der Waals surface area (Å²) in [6.45, 7) is 4.81. The van der Waals surface area contributed by atoms with Crippen LogP contribution in [0, 0.1) is 0 Å². The van der Waals surface area contributed by atoms with Gasteiger partial charge in [0.1, 0.15) is 0 Å². The van der Waals surface area contributed by atoms with Gasteiger partial charge in [0.15, 0.2) is 0 Å². The highest BCUT2D eigenvalue weighted by Gasteiger charge is 2.03. The van der Waals surface area contributed by atoms with E-state index >= 15 is 0 Å². The molecule has 0 saturated heterocycles. The van der Waals surface area contributed by atoms with E-state index in [1.54, 1.807) is 6.92 Å². The minimum Gasteiger partial charge on any atom is -0.205 e. The van der Waals surface area contributed by atoms with Crippen LogP contribution in [-0.4, -0.2) is 6.43 Å². The quantitative estimate of drug-likeness (QED) is 0.596. The van der Waals surface area contributed by atoms with Crippen LogP contribution >= 0.6 is 15.9 Å². The molecule has 0 heterocycles. The molecule has 9 heavy (non-hydrogen) atoms. The molecule has 0 aliphatic carbocycles. The number of hydrogen-bond acceptors (Lipinski definition) is 0. The molecular formula is C6H7BrF2. The monoisotopic (exact) mass is 196 g/mol. The lowest BCUT2D eigenvalue weighted by Crippen LogP contribution is -1.90. The molecule has 0 nitrogen and oxygen atoms in total. The zero-order chi connectivity index (χ0) is 7.44. The minimum absolute atomic E-state index is 0.163. The van der Waals surface area contributed by atoms with Crippen molar-refractivity contribution in [3.05, 3.63) is 22.7 Å². The van der Waals surface area contributed by atoms with Gasteiger partial charge >= 0.3 is 0 Å². The van der Waals surface area contributed by atoms with Crippen LogP contribution in [0.5, 0.6) is 0 Å². The molecule has 0 aliphatic heterocycles. The van der Waals surface area contributed by atoms with E-state index in [0.717, 1.165) is 0 Å². The fourth-order valence-electron chi connectivity index (χ4n) is 0.318. The zero-order valence-corrected chi connectivity index (χ0v) is 6.58. The Hall–Kier alpha value is -0.180. The van der Waals surface area contributed by atoms with Gasteiger partial charge in [0.05, 0.1) is 0 Å². The van der Waals surface area contributed by atoms with Gasteiger partial charge in [0.2, 0.25) is 0 Å². The first-order valence-corrected chi connectivity index (χ1v) is 3.14. The highest BCUT2D eigenvalue weighted by Crippen LogP contribution is 2.12. The molecule has 0 bridgehead atoms. The van der Waals surface area contributed by atoms with E-state index in [2.05, 4.69) is 22.5 Å². The molecule has 0 radical (unpaired) electrons. The third-order valence-corrected chi connectivity index (χ3v) is 0.893. The Morgan fingerprint density at radius 1 is 1.67 bits per heavy atom. The van der Waals surface area contributed by atoms with E-state index in [9.17, 15) is 8.78 Å². The van der Waals surface area contributed by atoms with Gasteiger partial charge in [0, 0.05) is 5.57 Å². The van der Waals surface area contributed by atoms with Crippen molar-refractivity contribution >= 4 is 15.9 Å². The predicted molar refractivity (Wildman–Crippen MR) is 37.8 cm³/mol. The molecule has 0 saturated carbocycles. The third-order valence-electron chi connectivity index (χ3n) is 0.665. The first kappa shape index (κ1) is 8.82. The number of rotatable bonds is 2. The Balaban J connectivity index is 3.93. The van der Waals surface area contributed by atoms with Crippen molar-refractivity contribution in [1.29, 1.82) is 0 Å². The Morgan fingerprint density at radius 2 is 2.11 bits per heavy atom. The summed E-state index contributed by atoms with van der Waals surface area (Å²) in [5.74, 6) is 0. The first-order valence-electron chi connectivity index (χ1n) is 2.34. The topological polar surface area (TPSA) is 0 Å². The highest BCUT2D eigenvalue weighted by atomic mass is 79.9. The summed E-state index contributed by atoms with van der Waals surface area (Å²) in [4.78, 5) is 0. The molecule has 0 rings (SSSR count). The Labute approximate surface area is 61.4 Å². The Kier molecular flexibility index (Phi) is 3.70. The molecule has 0 fully saturated rings. The van der Waals surface area contributed by atoms with Gasteiger partial charge in [-0.25, -0.2) is 8.78 Å². The average Bonchev–Trinajstić information content (AvgIpc) is 1.63. The SMILES string of the molecule is C=C(/C=C(\C)Br)C(F)F. The van der Waals surface area contributed by atoms with E-state index in [1.807, 2.05) is 0 Å². The van der Waals surface area contributed by atoms with Gasteiger partial charge in [-0.15, -0.1) is 0 Å². The van der Waals surface area contributed by atoms with Crippen LogP contribution in [0.25, 0.3) is 0 Å². The van der Waals surface area contributed by atoms with Crippen LogP contribution in [0.3, 0.4) is 0 Å². The number of halogens is 3. The fraction of sp³-hybridized carbons (Fsp3) is 0.333. The number of alkyl halides is 2. The molecule has 52 valence electrons. The second-order valence-electron chi connectivity index (χ2n) is 1.61. The van der Waals surface area contributed by atoms with Crippen molar-refractivity contribution in [2.45, 2.75) is 13.3 Å². The summed E-state index contributed by atoms with van der Waals surface area (Å²) >= 11 is 3.01. The van der Waals surface area contributed by atoms with Gasteiger partial charge in [-0.2, -0.15) is 0 Å². The molecule has 0 spiro atoms. The predicted octanol–water partition coefficient (Wildman–Crippen LogP) is 3.11. The lowest BCUT2D eigenvalue weighted by Gasteiger charge is -1.95. The van der Waals surface area contributed by atoms with Gasteiger partial charge in [-0.1, -0.05) is 22.5 Å². The van der Waals surface area contributed by atoms with Crippen LogP contribution in [0.1, 0.15) is 6.92 Å². The van der Waals surface area contributed by atoms with Crippen molar-refractivity contribution < 1.29 is 8.78 Å². The van der Waals surface area contributed by atoms with E-state index < -0.39 is 6.43 Å². The summed E-state index contributed by atoms with van der Waals surface area (Å²) in [6.07, 6.45) is -1.15. The van der Waals surface area contributed by atoms with Gasteiger partial charge in [-0.3, -0.25) is 0 Å². The number of allylic oxidation sites excluding steroid dienone is 3. The maximum absolute atomic E-state index is 11.6. The number of hydrogen-bond donors (Lipinski definition) is 0. The van der Waals surface area contributed by atoms with E-state index in [-0.39, 0.29) is 5.57 Å². The van der Waals surface area contributed by atoms with Crippen molar-refractivity contribution in [3.63, 3.8) is 0 Å². The summed E-state index contributed by atoms with van der Waals surface area (Å²) in [6, 6.07) is 0. The van der Waals surface area contributed by atoms with E-state index in [1.165, 1.54) is 6.08 Å². The van der Waals surface area contributed by atoms with Crippen molar-refractivity contribution in [3.8, 4) is 0 Å². The van der Waals surface area contributed by atoms with Crippen LogP contribution in [-0.2, 0) is 0 Å². The molecule has 0 aromatic heterocycles. The van der Waals surface area contributed by atoms with Crippen molar-refractivity contribution in [2.24, 2.45) is 0 Å². The largest absolute Gasteiger partial charge is 0.263 e. The second-order valence-corrected chi connectivity index (χ2v) is 2.86. The molecule has 0 unspecified atom stereocenters. The normalized spacial score (nSPS) is 12.3. The molecule has 0 amide bonds. The minimum atomic E-state index is -2.45. The lowest BCUT2D eigenvalue weighted by atomic mass is 10.3. The van der Waals surface area contributed by atoms with Crippen LogP contribution in [0.4, 0.5) is 8.78 Å². The Morgan fingerprint density at radius 3 is 2.22 bits per heavy atom. The van der Waals surface area contributed by atoms with Crippen LogP contribution < -0.4 is 0 Å². The first-order chi connectivity index (χ1) is 4.04. The summed E-state index contributed by atoms with van der Waals surface area (Å²) in [5, 5.41) is 0. The van der Waals surface area contributed by atoms with Crippen molar-refractivity contribution in [1.82, 2.24) is 0 Å². The highest BCUT2D eigenvalue weighted by molar-refractivity contribution is 9.11. The third kappa shape index (κ3) is 4.33. The summed E-state index contributed by atoms with van der Waals surface area (Å²) in [7, 11) is 0. The Bertz CT molecular complexity index is 134. The second kappa shape index (κ2) is 3.77. The standard InChI is InChI=1S/C6H7BrF2/c1-4(6(8)9)3-5(2)7/h3,6H,1H2,2H3/b5-3+. The maximum Gasteiger partial charge on any atom is 0.263 e. The molecule has 0 aromatic rings. The molecule has 0 N–H and O–H groups in total. The molecular weight excluding hydrogens is 190 g/mol. The summed E-state index contributed by atoms with van der Waals surface area (Å²) < 4.78 is 23.9. The smallest absolute Gasteiger partial charge is 0.205 e. The molecule has 0 atom stereocenters. The zero-order valence-electron chi connectivity index (χ0n) is 5.00. The average molecular weight is 197 g/mol. The maximum atomic E-state index is 11.6.